The number of piperazine rings is 1. The van der Waals surface area contributed by atoms with Crippen LogP contribution in [0.5, 0.6) is 0 Å². The van der Waals surface area contributed by atoms with E-state index in [1.165, 1.54) is 0 Å². The van der Waals surface area contributed by atoms with Gasteiger partial charge in [-0.25, -0.2) is 4.98 Å². The van der Waals surface area contributed by atoms with Crippen molar-refractivity contribution in [1.82, 2.24) is 14.8 Å². The van der Waals surface area contributed by atoms with Crippen LogP contribution >= 0.6 is 23.2 Å². The summed E-state index contributed by atoms with van der Waals surface area (Å²) in [5.41, 5.74) is 0.608. The Morgan fingerprint density at radius 2 is 1.57 bits per heavy atom. The smallest absolute Gasteiger partial charge is 0.253 e. The number of carbonyl (C=O) groups is 2. The summed E-state index contributed by atoms with van der Waals surface area (Å²) in [6.45, 7) is 3.94. The molecule has 1 aromatic heterocycles. The summed E-state index contributed by atoms with van der Waals surface area (Å²) in [7, 11) is 0. The normalized spacial score (nSPS) is 19.7. The second kappa shape index (κ2) is 9.23. The largest absolute Gasteiger partial charge is 0.353 e. The molecule has 0 aliphatic carbocycles. The summed E-state index contributed by atoms with van der Waals surface area (Å²) >= 11 is 11.8. The molecule has 1 unspecified atom stereocenters. The van der Waals surface area contributed by atoms with Crippen LogP contribution in [0.25, 0.3) is 0 Å². The van der Waals surface area contributed by atoms with Gasteiger partial charge in [-0.2, -0.15) is 0 Å². The molecule has 2 amide bonds. The van der Waals surface area contributed by atoms with E-state index in [0.717, 1.165) is 31.7 Å². The first-order valence-corrected chi connectivity index (χ1v) is 11.0. The van der Waals surface area contributed by atoms with Crippen LogP contribution in [-0.2, 0) is 4.79 Å². The van der Waals surface area contributed by atoms with Gasteiger partial charge in [-0.3, -0.25) is 9.59 Å². The minimum absolute atomic E-state index is 0.0391. The van der Waals surface area contributed by atoms with E-state index in [1.807, 2.05) is 17.0 Å². The van der Waals surface area contributed by atoms with Crippen molar-refractivity contribution in [3.63, 3.8) is 0 Å². The first-order valence-electron chi connectivity index (χ1n) is 10.2. The zero-order chi connectivity index (χ0) is 21.1. The minimum atomic E-state index is -0.143. The van der Waals surface area contributed by atoms with Crippen LogP contribution in [0.15, 0.2) is 42.6 Å². The number of nitrogens with zero attached hydrogens (tertiary/aromatic N) is 4. The SMILES string of the molecule is O=C(c1ccc(Cl)cc1)N1CCCC(C(=O)N2CCN(c3ccc(Cl)cn3)CC2)C1. The molecule has 0 bridgehead atoms. The van der Waals surface area contributed by atoms with Gasteiger partial charge in [0.1, 0.15) is 5.82 Å². The van der Waals surface area contributed by atoms with Crippen LogP contribution in [-0.4, -0.2) is 65.9 Å². The molecule has 2 aromatic rings. The van der Waals surface area contributed by atoms with Gasteiger partial charge in [0.15, 0.2) is 0 Å². The van der Waals surface area contributed by atoms with Crippen LogP contribution in [0.1, 0.15) is 23.2 Å². The van der Waals surface area contributed by atoms with Crippen LogP contribution in [0.2, 0.25) is 10.0 Å². The standard InChI is InChI=1S/C22H24Cl2N4O2/c23-18-5-3-16(4-6-18)21(29)28-9-1-2-17(15-28)22(30)27-12-10-26(11-13-27)20-8-7-19(24)14-25-20/h3-8,14,17H,1-2,9-13,15H2. The van der Waals surface area contributed by atoms with E-state index >= 15 is 0 Å². The number of benzene rings is 1. The predicted octanol–water partition coefficient (Wildman–Crippen LogP) is 3.59. The molecule has 1 aromatic carbocycles. The highest BCUT2D eigenvalue weighted by atomic mass is 35.5. The average molecular weight is 447 g/mol. The lowest BCUT2D eigenvalue weighted by Crippen LogP contribution is -2.53. The van der Waals surface area contributed by atoms with Gasteiger partial charge < -0.3 is 14.7 Å². The summed E-state index contributed by atoms with van der Waals surface area (Å²) in [4.78, 5) is 36.2. The van der Waals surface area contributed by atoms with Gasteiger partial charge in [-0.15, -0.1) is 0 Å². The Labute approximate surface area is 186 Å². The fourth-order valence-electron chi connectivity index (χ4n) is 4.11. The molecule has 0 spiro atoms. The highest BCUT2D eigenvalue weighted by Gasteiger charge is 2.33. The van der Waals surface area contributed by atoms with Crippen LogP contribution in [0.3, 0.4) is 0 Å². The van der Waals surface area contributed by atoms with Crippen molar-refractivity contribution in [2.24, 2.45) is 5.92 Å². The van der Waals surface area contributed by atoms with E-state index in [1.54, 1.807) is 35.4 Å². The Kier molecular flexibility index (Phi) is 6.44. The minimum Gasteiger partial charge on any atom is -0.353 e. The number of pyridine rings is 1. The molecule has 1 atom stereocenters. The third-order valence-electron chi connectivity index (χ3n) is 5.78. The molecule has 0 radical (unpaired) electrons. The van der Waals surface area contributed by atoms with Crippen molar-refractivity contribution in [2.75, 3.05) is 44.2 Å². The third-order valence-corrected chi connectivity index (χ3v) is 6.25. The van der Waals surface area contributed by atoms with Crippen molar-refractivity contribution < 1.29 is 9.59 Å². The van der Waals surface area contributed by atoms with E-state index < -0.39 is 0 Å². The Balaban J connectivity index is 1.34. The molecule has 0 N–H and O–H groups in total. The molecule has 4 rings (SSSR count). The molecule has 2 aliphatic rings. The number of rotatable bonds is 3. The maximum Gasteiger partial charge on any atom is 0.253 e. The molecule has 158 valence electrons. The number of likely N-dealkylation sites (tertiary alicyclic amines) is 1. The summed E-state index contributed by atoms with van der Waals surface area (Å²) < 4.78 is 0. The highest BCUT2D eigenvalue weighted by Crippen LogP contribution is 2.23. The molecular weight excluding hydrogens is 423 g/mol. The fourth-order valence-corrected chi connectivity index (χ4v) is 4.35. The molecule has 2 fully saturated rings. The number of hydrogen-bond donors (Lipinski definition) is 0. The Morgan fingerprint density at radius 1 is 0.867 bits per heavy atom. The van der Waals surface area contributed by atoms with E-state index in [4.69, 9.17) is 23.2 Å². The van der Waals surface area contributed by atoms with Gasteiger partial charge in [0.2, 0.25) is 5.91 Å². The average Bonchev–Trinajstić information content (AvgIpc) is 2.79. The van der Waals surface area contributed by atoms with Crippen LogP contribution < -0.4 is 4.90 Å². The van der Waals surface area contributed by atoms with Crippen molar-refractivity contribution >= 4 is 40.8 Å². The first-order chi connectivity index (χ1) is 14.5. The van der Waals surface area contributed by atoms with E-state index in [2.05, 4.69) is 9.88 Å². The molecule has 8 heteroatoms. The van der Waals surface area contributed by atoms with Gasteiger partial charge in [-0.1, -0.05) is 23.2 Å². The molecule has 0 saturated carbocycles. The third kappa shape index (κ3) is 4.71. The van der Waals surface area contributed by atoms with Crippen molar-refractivity contribution in [2.45, 2.75) is 12.8 Å². The number of halogens is 2. The predicted molar refractivity (Wildman–Crippen MR) is 118 cm³/mol. The number of amides is 2. The number of anilines is 1. The Hall–Kier alpha value is -2.31. The van der Waals surface area contributed by atoms with E-state index in [0.29, 0.717) is 41.8 Å². The number of hydrogen-bond acceptors (Lipinski definition) is 4. The summed E-state index contributed by atoms with van der Waals surface area (Å²) in [6, 6.07) is 10.6. The van der Waals surface area contributed by atoms with Gasteiger partial charge in [0.05, 0.1) is 10.9 Å². The fraction of sp³-hybridized carbons (Fsp3) is 0.409. The van der Waals surface area contributed by atoms with Gasteiger partial charge in [-0.05, 0) is 49.2 Å². The quantitative estimate of drug-likeness (QED) is 0.722. The van der Waals surface area contributed by atoms with Crippen molar-refractivity contribution in [3.05, 3.63) is 58.2 Å². The second-order valence-corrected chi connectivity index (χ2v) is 8.62. The molecule has 2 aliphatic heterocycles. The van der Waals surface area contributed by atoms with Gasteiger partial charge in [0.25, 0.3) is 5.91 Å². The first kappa shape index (κ1) is 20.9. The lowest BCUT2D eigenvalue weighted by molar-refractivity contribution is -0.137. The monoisotopic (exact) mass is 446 g/mol. The molecule has 30 heavy (non-hydrogen) atoms. The molecule has 2 saturated heterocycles. The topological polar surface area (TPSA) is 56.8 Å². The van der Waals surface area contributed by atoms with Crippen molar-refractivity contribution in [3.8, 4) is 0 Å². The summed E-state index contributed by atoms with van der Waals surface area (Å²) in [5.74, 6) is 0.842. The van der Waals surface area contributed by atoms with Crippen LogP contribution in [0, 0.1) is 5.92 Å². The van der Waals surface area contributed by atoms with E-state index in [9.17, 15) is 9.59 Å². The lowest BCUT2D eigenvalue weighted by Gasteiger charge is -2.39. The number of carbonyl (C=O) groups excluding carboxylic acids is 2. The molecule has 6 nitrogen and oxygen atoms in total. The van der Waals surface area contributed by atoms with Gasteiger partial charge in [0, 0.05) is 56.1 Å². The Morgan fingerprint density at radius 3 is 2.23 bits per heavy atom. The Bertz CT molecular complexity index is 896. The number of aromatic nitrogens is 1. The molecule has 3 heterocycles. The second-order valence-electron chi connectivity index (χ2n) is 7.74. The van der Waals surface area contributed by atoms with Gasteiger partial charge >= 0.3 is 0 Å². The summed E-state index contributed by atoms with van der Waals surface area (Å²) in [5, 5.41) is 1.22. The summed E-state index contributed by atoms with van der Waals surface area (Å²) in [6.07, 6.45) is 3.30. The zero-order valence-corrected chi connectivity index (χ0v) is 18.1. The molecular formula is C22H24Cl2N4O2. The van der Waals surface area contributed by atoms with Crippen LogP contribution in [0.4, 0.5) is 5.82 Å². The highest BCUT2D eigenvalue weighted by molar-refractivity contribution is 6.30. The zero-order valence-electron chi connectivity index (χ0n) is 16.6. The maximum atomic E-state index is 13.1. The van der Waals surface area contributed by atoms with Crippen molar-refractivity contribution in [1.29, 1.82) is 0 Å². The maximum absolute atomic E-state index is 13.1. The number of piperidine rings is 1. The lowest BCUT2D eigenvalue weighted by atomic mass is 9.95. The van der Waals surface area contributed by atoms with E-state index in [-0.39, 0.29) is 17.7 Å².